The van der Waals surface area contributed by atoms with Gasteiger partial charge in [-0.2, -0.15) is 13.2 Å². The SMILES string of the molecule is CCCCC(CCSc1nc(CC(=O)OCC)cs1)c1sc2cc(C(F)(F)F)ccc2c1C. The van der Waals surface area contributed by atoms with Gasteiger partial charge in [0.05, 0.1) is 24.3 Å². The van der Waals surface area contributed by atoms with Gasteiger partial charge in [-0.1, -0.05) is 37.6 Å². The molecule has 2 aromatic heterocycles. The highest BCUT2D eigenvalue weighted by Gasteiger charge is 2.31. The minimum absolute atomic E-state index is 0.185. The molecule has 0 radical (unpaired) electrons. The predicted octanol–water partition coefficient (Wildman–Crippen LogP) is 8.25. The monoisotopic (exact) mass is 515 g/mol. The van der Waals surface area contributed by atoms with Gasteiger partial charge in [-0.25, -0.2) is 4.98 Å². The number of rotatable bonds is 11. The number of thiophene rings is 1. The zero-order valence-electron chi connectivity index (χ0n) is 19.0. The summed E-state index contributed by atoms with van der Waals surface area (Å²) in [6.07, 6.45) is -0.0391. The van der Waals surface area contributed by atoms with Gasteiger partial charge in [-0.05, 0) is 55.7 Å². The molecule has 0 N–H and O–H groups in total. The van der Waals surface area contributed by atoms with Crippen LogP contribution >= 0.6 is 34.4 Å². The molecule has 1 unspecified atom stereocenters. The van der Waals surface area contributed by atoms with Crippen molar-refractivity contribution in [1.29, 1.82) is 0 Å². The minimum Gasteiger partial charge on any atom is -0.466 e. The zero-order chi connectivity index (χ0) is 24.0. The number of nitrogens with zero attached hydrogens (tertiary/aromatic N) is 1. The molecule has 0 fully saturated rings. The van der Waals surface area contributed by atoms with Crippen molar-refractivity contribution in [1.82, 2.24) is 4.98 Å². The molecule has 3 nitrogen and oxygen atoms in total. The summed E-state index contributed by atoms with van der Waals surface area (Å²) in [6, 6.07) is 4.07. The second-order valence-electron chi connectivity index (χ2n) is 7.86. The predicted molar refractivity (Wildman–Crippen MR) is 132 cm³/mol. The van der Waals surface area contributed by atoms with Crippen molar-refractivity contribution in [2.45, 2.75) is 69.3 Å². The van der Waals surface area contributed by atoms with Crippen LogP contribution in [0.2, 0.25) is 0 Å². The summed E-state index contributed by atoms with van der Waals surface area (Å²) in [6.45, 7) is 6.32. The number of aryl methyl sites for hydroxylation is 1. The van der Waals surface area contributed by atoms with E-state index in [1.165, 1.54) is 39.7 Å². The first-order chi connectivity index (χ1) is 15.7. The van der Waals surface area contributed by atoms with Gasteiger partial charge in [0, 0.05) is 20.7 Å². The molecule has 3 aromatic rings. The van der Waals surface area contributed by atoms with E-state index in [9.17, 15) is 18.0 Å². The van der Waals surface area contributed by atoms with E-state index in [2.05, 4.69) is 11.9 Å². The van der Waals surface area contributed by atoms with Crippen LogP contribution in [0.3, 0.4) is 0 Å². The lowest BCUT2D eigenvalue weighted by atomic mass is 9.94. The third kappa shape index (κ3) is 6.96. The van der Waals surface area contributed by atoms with Crippen molar-refractivity contribution >= 4 is 50.5 Å². The summed E-state index contributed by atoms with van der Waals surface area (Å²) >= 11 is 4.69. The molecule has 2 heterocycles. The fourth-order valence-corrected chi connectivity index (χ4v) is 7.14. The third-order valence-electron chi connectivity index (χ3n) is 5.43. The molecule has 0 aliphatic heterocycles. The molecular weight excluding hydrogens is 487 g/mol. The van der Waals surface area contributed by atoms with Gasteiger partial charge in [-0.3, -0.25) is 4.79 Å². The number of esters is 1. The molecule has 0 amide bonds. The topological polar surface area (TPSA) is 39.2 Å². The highest BCUT2D eigenvalue weighted by Crippen LogP contribution is 2.42. The van der Waals surface area contributed by atoms with E-state index in [4.69, 9.17) is 4.74 Å². The Morgan fingerprint density at radius 2 is 2.03 bits per heavy atom. The Labute approximate surface area is 204 Å². The van der Waals surface area contributed by atoms with Gasteiger partial charge in [-0.15, -0.1) is 22.7 Å². The lowest BCUT2D eigenvalue weighted by Gasteiger charge is -2.16. The molecule has 180 valence electrons. The molecule has 0 bridgehead atoms. The number of hydrogen-bond acceptors (Lipinski definition) is 6. The molecule has 1 aromatic carbocycles. The number of halogens is 3. The van der Waals surface area contributed by atoms with Gasteiger partial charge in [0.25, 0.3) is 0 Å². The lowest BCUT2D eigenvalue weighted by molar-refractivity contribution is -0.142. The van der Waals surface area contributed by atoms with Crippen LogP contribution in [0.4, 0.5) is 13.2 Å². The van der Waals surface area contributed by atoms with Crippen LogP contribution in [-0.2, 0) is 22.1 Å². The van der Waals surface area contributed by atoms with Crippen molar-refractivity contribution in [3.63, 3.8) is 0 Å². The van der Waals surface area contributed by atoms with E-state index in [0.29, 0.717) is 17.2 Å². The average Bonchev–Trinajstić information content (AvgIpc) is 3.34. The number of hydrogen-bond donors (Lipinski definition) is 0. The first-order valence-electron chi connectivity index (χ1n) is 11.1. The number of thioether (sulfide) groups is 1. The van der Waals surface area contributed by atoms with E-state index in [-0.39, 0.29) is 12.4 Å². The summed E-state index contributed by atoms with van der Waals surface area (Å²) in [5.41, 5.74) is 1.23. The number of carbonyl (C=O) groups excluding carboxylic acids is 1. The van der Waals surface area contributed by atoms with Crippen LogP contribution in [0, 0.1) is 6.92 Å². The molecule has 0 saturated heterocycles. The highest BCUT2D eigenvalue weighted by atomic mass is 32.2. The third-order valence-corrected chi connectivity index (χ3v) is 8.95. The number of aromatic nitrogens is 1. The fourth-order valence-electron chi connectivity index (χ4n) is 3.75. The summed E-state index contributed by atoms with van der Waals surface area (Å²) in [4.78, 5) is 17.4. The Morgan fingerprint density at radius 3 is 2.73 bits per heavy atom. The Bertz CT molecular complexity index is 1070. The van der Waals surface area contributed by atoms with E-state index in [1.54, 1.807) is 24.8 Å². The molecular formula is C24H28F3NO2S3. The summed E-state index contributed by atoms with van der Waals surface area (Å²) < 4.78 is 46.1. The Balaban J connectivity index is 1.70. The number of alkyl halides is 3. The van der Waals surface area contributed by atoms with Crippen molar-refractivity contribution in [3.8, 4) is 0 Å². The van der Waals surface area contributed by atoms with E-state index in [0.717, 1.165) is 52.4 Å². The lowest BCUT2D eigenvalue weighted by Crippen LogP contribution is -2.07. The first-order valence-corrected chi connectivity index (χ1v) is 13.7. The van der Waals surface area contributed by atoms with Gasteiger partial charge in [0.15, 0.2) is 0 Å². The van der Waals surface area contributed by atoms with Gasteiger partial charge in [0.2, 0.25) is 0 Å². The minimum atomic E-state index is -4.33. The van der Waals surface area contributed by atoms with Crippen LogP contribution in [0.5, 0.6) is 0 Å². The van der Waals surface area contributed by atoms with Crippen molar-refractivity contribution in [3.05, 3.63) is 45.3 Å². The van der Waals surface area contributed by atoms with E-state index in [1.807, 2.05) is 12.3 Å². The second-order valence-corrected chi connectivity index (χ2v) is 11.1. The number of fused-ring (bicyclic) bond motifs is 1. The summed E-state index contributed by atoms with van der Waals surface area (Å²) in [5.74, 6) is 0.901. The molecule has 0 aliphatic rings. The van der Waals surface area contributed by atoms with E-state index >= 15 is 0 Å². The second kappa shape index (κ2) is 11.7. The largest absolute Gasteiger partial charge is 0.466 e. The van der Waals surface area contributed by atoms with Crippen molar-refractivity contribution in [2.24, 2.45) is 0 Å². The molecule has 33 heavy (non-hydrogen) atoms. The normalized spacial score (nSPS) is 12.9. The standard InChI is InChI=1S/C24H28F3NO2S3/c1-4-6-7-16(10-11-31-23-28-18(14-32-23)13-21(29)30-5-2)22-15(3)19-9-8-17(24(25,26)27)12-20(19)33-22/h8-9,12,14,16H,4-7,10-11,13H2,1-3H3. The number of ether oxygens (including phenoxy) is 1. The maximum atomic E-state index is 13.2. The fraction of sp³-hybridized carbons (Fsp3) is 0.500. The van der Waals surface area contributed by atoms with Crippen LogP contribution in [-0.4, -0.2) is 23.3 Å². The van der Waals surface area contributed by atoms with Crippen LogP contribution in [0.1, 0.15) is 67.1 Å². The number of carbonyl (C=O) groups is 1. The quantitative estimate of drug-likeness (QED) is 0.190. The number of thiazole rings is 1. The van der Waals surface area contributed by atoms with E-state index < -0.39 is 11.7 Å². The molecule has 9 heteroatoms. The zero-order valence-corrected chi connectivity index (χ0v) is 21.4. The van der Waals surface area contributed by atoms with Crippen LogP contribution in [0.15, 0.2) is 27.9 Å². The maximum Gasteiger partial charge on any atom is 0.416 e. The van der Waals surface area contributed by atoms with Crippen LogP contribution in [0.25, 0.3) is 10.1 Å². The van der Waals surface area contributed by atoms with Gasteiger partial charge in [0.1, 0.15) is 4.34 Å². The average molecular weight is 516 g/mol. The highest BCUT2D eigenvalue weighted by molar-refractivity contribution is 8.01. The summed E-state index contributed by atoms with van der Waals surface area (Å²) in [7, 11) is 0. The summed E-state index contributed by atoms with van der Waals surface area (Å²) in [5, 5.41) is 2.81. The molecule has 0 spiro atoms. The molecule has 0 saturated carbocycles. The van der Waals surface area contributed by atoms with Crippen LogP contribution < -0.4 is 0 Å². The number of unbranched alkanes of at least 4 members (excludes halogenated alkanes) is 1. The Kier molecular flexibility index (Phi) is 9.24. The van der Waals surface area contributed by atoms with Gasteiger partial charge < -0.3 is 4.74 Å². The Hall–Kier alpha value is -1.58. The molecule has 0 aliphatic carbocycles. The van der Waals surface area contributed by atoms with Crippen molar-refractivity contribution in [2.75, 3.05) is 12.4 Å². The molecule has 1 atom stereocenters. The first kappa shape index (κ1) is 26.0. The maximum absolute atomic E-state index is 13.2. The Morgan fingerprint density at radius 1 is 1.24 bits per heavy atom. The van der Waals surface area contributed by atoms with Crippen molar-refractivity contribution < 1.29 is 22.7 Å². The van der Waals surface area contributed by atoms with Gasteiger partial charge >= 0.3 is 12.1 Å². The smallest absolute Gasteiger partial charge is 0.416 e. The number of benzene rings is 1. The molecule has 3 rings (SSSR count).